The minimum absolute atomic E-state index is 0.175. The molecular formula is C22H30N2O3. The highest BCUT2D eigenvalue weighted by Gasteiger charge is 2.25. The van der Waals surface area contributed by atoms with Crippen LogP contribution in [0.2, 0.25) is 0 Å². The molecule has 0 aliphatic heterocycles. The van der Waals surface area contributed by atoms with Crippen LogP contribution in [0.1, 0.15) is 51.5 Å². The van der Waals surface area contributed by atoms with Crippen molar-refractivity contribution in [1.29, 1.82) is 0 Å². The van der Waals surface area contributed by atoms with Crippen LogP contribution in [0.3, 0.4) is 0 Å². The Labute approximate surface area is 161 Å². The van der Waals surface area contributed by atoms with Gasteiger partial charge in [0.2, 0.25) is 0 Å². The third-order valence-electron chi connectivity index (χ3n) is 5.25. The molecule has 0 bridgehead atoms. The molecule has 1 atom stereocenters. The molecule has 1 aromatic carbocycles. The first-order valence-electron chi connectivity index (χ1n) is 9.83. The summed E-state index contributed by atoms with van der Waals surface area (Å²) in [7, 11) is 1.99. The summed E-state index contributed by atoms with van der Waals surface area (Å²) in [5.41, 5.74) is 3.07. The van der Waals surface area contributed by atoms with Gasteiger partial charge in [-0.2, -0.15) is 4.98 Å². The Morgan fingerprint density at radius 2 is 2.04 bits per heavy atom. The van der Waals surface area contributed by atoms with Crippen molar-refractivity contribution < 1.29 is 14.3 Å². The fourth-order valence-electron chi connectivity index (χ4n) is 3.73. The quantitative estimate of drug-likeness (QED) is 0.685. The Kier molecular flexibility index (Phi) is 6.32. The van der Waals surface area contributed by atoms with Gasteiger partial charge in [0.15, 0.2) is 0 Å². The number of ether oxygens (including phenoxy) is 2. The van der Waals surface area contributed by atoms with E-state index in [0.29, 0.717) is 19.0 Å². The summed E-state index contributed by atoms with van der Waals surface area (Å²) in [4.78, 5) is 15.8. The number of nitrogens with zero attached hydrogens (tertiary/aromatic N) is 2. The molecule has 0 amide bonds. The van der Waals surface area contributed by atoms with Crippen LogP contribution in [0.4, 0.5) is 0 Å². The van der Waals surface area contributed by atoms with E-state index in [1.165, 1.54) is 0 Å². The van der Waals surface area contributed by atoms with E-state index in [-0.39, 0.29) is 23.9 Å². The van der Waals surface area contributed by atoms with Gasteiger partial charge in [-0.05, 0) is 56.2 Å². The third kappa shape index (κ3) is 4.98. The van der Waals surface area contributed by atoms with Crippen molar-refractivity contribution in [3.05, 3.63) is 30.3 Å². The van der Waals surface area contributed by atoms with Crippen LogP contribution in [0.15, 0.2) is 24.8 Å². The lowest BCUT2D eigenvalue weighted by atomic mass is 9.95. The fourth-order valence-corrected chi connectivity index (χ4v) is 3.73. The SMILES string of the molecule is C=Cc1ccc2nc(OC3CCC(OC[C@H](C)CC(C)=O)CC3)n(C)c2c1. The number of fused-ring (bicyclic) bond motifs is 1. The van der Waals surface area contributed by atoms with E-state index < -0.39 is 0 Å². The first-order valence-corrected chi connectivity index (χ1v) is 9.83. The average molecular weight is 370 g/mol. The predicted octanol–water partition coefficient (Wildman–Crippen LogP) is 4.54. The number of hydrogen-bond acceptors (Lipinski definition) is 4. The van der Waals surface area contributed by atoms with Crippen molar-refractivity contribution in [2.24, 2.45) is 13.0 Å². The molecule has 0 radical (unpaired) electrons. The number of carbonyl (C=O) groups is 1. The van der Waals surface area contributed by atoms with Crippen molar-refractivity contribution in [3.8, 4) is 6.01 Å². The molecule has 3 rings (SSSR count). The molecule has 0 spiro atoms. The zero-order valence-corrected chi connectivity index (χ0v) is 16.6. The van der Waals surface area contributed by atoms with Gasteiger partial charge in [0, 0.05) is 20.1 Å². The second kappa shape index (κ2) is 8.70. The van der Waals surface area contributed by atoms with Gasteiger partial charge in [-0.1, -0.05) is 25.6 Å². The lowest BCUT2D eigenvalue weighted by Gasteiger charge is -2.29. The smallest absolute Gasteiger partial charge is 0.297 e. The monoisotopic (exact) mass is 370 g/mol. The molecule has 2 aromatic rings. The topological polar surface area (TPSA) is 53.4 Å². The molecule has 27 heavy (non-hydrogen) atoms. The van der Waals surface area contributed by atoms with Crippen LogP contribution in [-0.2, 0) is 16.6 Å². The highest BCUT2D eigenvalue weighted by atomic mass is 16.5. The van der Waals surface area contributed by atoms with Crippen LogP contribution >= 0.6 is 0 Å². The van der Waals surface area contributed by atoms with Crippen molar-refractivity contribution in [3.63, 3.8) is 0 Å². The highest BCUT2D eigenvalue weighted by molar-refractivity contribution is 5.79. The molecular weight excluding hydrogens is 340 g/mol. The van der Waals surface area contributed by atoms with Gasteiger partial charge in [-0.25, -0.2) is 0 Å². The maximum absolute atomic E-state index is 11.2. The van der Waals surface area contributed by atoms with Crippen molar-refractivity contribution in [2.45, 2.75) is 58.2 Å². The van der Waals surface area contributed by atoms with Gasteiger partial charge in [0.1, 0.15) is 11.9 Å². The van der Waals surface area contributed by atoms with E-state index in [1.54, 1.807) is 6.92 Å². The minimum Gasteiger partial charge on any atom is -0.461 e. The zero-order chi connectivity index (χ0) is 19.4. The molecule has 146 valence electrons. The molecule has 1 fully saturated rings. The third-order valence-corrected chi connectivity index (χ3v) is 5.25. The Morgan fingerprint density at radius 1 is 1.33 bits per heavy atom. The Hall–Kier alpha value is -2.14. The Balaban J connectivity index is 1.52. The maximum atomic E-state index is 11.2. The normalized spacial score (nSPS) is 21.1. The standard InChI is InChI=1S/C22H30N2O3/c1-5-17-6-11-20-21(13-17)24(4)22(23-20)27-19-9-7-18(8-10-19)26-14-15(2)12-16(3)25/h5-6,11,13,15,18-19H,1,7-10,12,14H2,2-4H3/t15-,18?,19?/m1/s1. The minimum atomic E-state index is 0.175. The molecule has 0 saturated heterocycles. The molecule has 0 N–H and O–H groups in total. The van der Waals surface area contributed by atoms with E-state index >= 15 is 0 Å². The van der Waals surface area contributed by atoms with Crippen LogP contribution < -0.4 is 4.74 Å². The summed E-state index contributed by atoms with van der Waals surface area (Å²) in [6, 6.07) is 6.77. The molecule has 5 heteroatoms. The van der Waals surface area contributed by atoms with E-state index in [9.17, 15) is 4.79 Å². The molecule has 1 heterocycles. The van der Waals surface area contributed by atoms with Gasteiger partial charge in [-0.3, -0.25) is 4.57 Å². The number of aromatic nitrogens is 2. The summed E-state index contributed by atoms with van der Waals surface area (Å²) in [6.45, 7) is 8.19. The predicted molar refractivity (Wildman–Crippen MR) is 108 cm³/mol. The summed E-state index contributed by atoms with van der Waals surface area (Å²) < 4.78 is 14.2. The van der Waals surface area contributed by atoms with E-state index in [1.807, 2.05) is 29.8 Å². The Bertz CT molecular complexity index is 803. The van der Waals surface area contributed by atoms with Crippen molar-refractivity contribution >= 4 is 22.9 Å². The summed E-state index contributed by atoms with van der Waals surface area (Å²) in [5, 5.41) is 0. The zero-order valence-electron chi connectivity index (χ0n) is 16.6. The van der Waals surface area contributed by atoms with E-state index in [4.69, 9.17) is 9.47 Å². The van der Waals surface area contributed by atoms with Gasteiger partial charge in [0.05, 0.1) is 17.1 Å². The lowest BCUT2D eigenvalue weighted by molar-refractivity contribution is -0.118. The first kappa shape index (κ1) is 19.6. The molecule has 1 aromatic heterocycles. The van der Waals surface area contributed by atoms with Crippen molar-refractivity contribution in [2.75, 3.05) is 6.61 Å². The van der Waals surface area contributed by atoms with E-state index in [0.717, 1.165) is 42.3 Å². The first-order chi connectivity index (χ1) is 13.0. The number of Topliss-reactive ketones (excluding diaryl/α,β-unsaturated/α-hetero) is 1. The second-order valence-electron chi connectivity index (χ2n) is 7.77. The van der Waals surface area contributed by atoms with Crippen LogP contribution in [0.25, 0.3) is 17.1 Å². The van der Waals surface area contributed by atoms with Gasteiger partial charge < -0.3 is 14.3 Å². The van der Waals surface area contributed by atoms with Gasteiger partial charge >= 0.3 is 0 Å². The molecule has 5 nitrogen and oxygen atoms in total. The summed E-state index contributed by atoms with van der Waals surface area (Å²) in [5.74, 6) is 0.516. The number of aryl methyl sites for hydroxylation is 1. The largest absolute Gasteiger partial charge is 0.461 e. The lowest BCUT2D eigenvalue weighted by Crippen LogP contribution is -2.30. The molecule has 1 aliphatic carbocycles. The fraction of sp³-hybridized carbons (Fsp3) is 0.545. The number of carbonyl (C=O) groups excluding carboxylic acids is 1. The number of benzene rings is 1. The second-order valence-corrected chi connectivity index (χ2v) is 7.77. The summed E-state index contributed by atoms with van der Waals surface area (Å²) >= 11 is 0. The average Bonchev–Trinajstić information content (AvgIpc) is 2.95. The molecule has 0 unspecified atom stereocenters. The maximum Gasteiger partial charge on any atom is 0.297 e. The van der Waals surface area contributed by atoms with Gasteiger partial charge in [-0.15, -0.1) is 0 Å². The highest BCUT2D eigenvalue weighted by Crippen LogP contribution is 2.28. The number of imidazole rings is 1. The Morgan fingerprint density at radius 3 is 2.70 bits per heavy atom. The van der Waals surface area contributed by atoms with Crippen molar-refractivity contribution in [1.82, 2.24) is 9.55 Å². The number of rotatable bonds is 8. The molecule has 1 saturated carbocycles. The molecule has 1 aliphatic rings. The summed E-state index contributed by atoms with van der Waals surface area (Å²) in [6.07, 6.45) is 6.79. The van der Waals surface area contributed by atoms with Crippen LogP contribution in [0, 0.1) is 5.92 Å². The van der Waals surface area contributed by atoms with Gasteiger partial charge in [0.25, 0.3) is 6.01 Å². The van der Waals surface area contributed by atoms with E-state index in [2.05, 4.69) is 24.6 Å². The number of hydrogen-bond donors (Lipinski definition) is 0. The van der Waals surface area contributed by atoms with Crippen LogP contribution in [0.5, 0.6) is 6.01 Å². The number of ketones is 1. The van der Waals surface area contributed by atoms with Crippen LogP contribution in [-0.4, -0.2) is 34.1 Å².